The molecule has 7 heteroatoms. The molecule has 1 aliphatic rings. The molecule has 5 rings (SSSR count). The van der Waals surface area contributed by atoms with Gasteiger partial charge < -0.3 is 0 Å². The number of hydrogen-bond donors (Lipinski definition) is 1. The van der Waals surface area contributed by atoms with Gasteiger partial charge in [0, 0.05) is 0 Å². The van der Waals surface area contributed by atoms with Crippen molar-refractivity contribution >= 4 is 54.8 Å². The Morgan fingerprint density at radius 2 is 1.19 bits per heavy atom. The van der Waals surface area contributed by atoms with E-state index < -0.39 is 27.3 Å². The number of benzene rings is 4. The average Bonchev–Trinajstić information content (AvgIpc) is 3.17. The molecule has 1 aliphatic heterocycles. The summed E-state index contributed by atoms with van der Waals surface area (Å²) in [5.74, 6) is 0. The Morgan fingerprint density at radius 3 is 1.81 bits per heavy atom. The van der Waals surface area contributed by atoms with Crippen molar-refractivity contribution in [3.63, 3.8) is 0 Å². The fourth-order valence-electron chi connectivity index (χ4n) is 4.04. The Balaban J connectivity index is 1.87. The summed E-state index contributed by atoms with van der Waals surface area (Å²) in [4.78, 5) is 1.14. The van der Waals surface area contributed by atoms with E-state index in [2.05, 4.69) is 24.3 Å². The summed E-state index contributed by atoms with van der Waals surface area (Å²) < 4.78 is 32.4. The molecule has 0 aromatic heterocycles. The zero-order valence-electron chi connectivity index (χ0n) is 16.5. The predicted octanol–water partition coefficient (Wildman–Crippen LogP) is 3.83. The van der Waals surface area contributed by atoms with E-state index in [0.717, 1.165) is 17.7 Å². The second kappa shape index (κ2) is 7.93. The van der Waals surface area contributed by atoms with Crippen molar-refractivity contribution in [1.82, 2.24) is 0 Å². The van der Waals surface area contributed by atoms with Crippen molar-refractivity contribution in [2.45, 2.75) is 9.79 Å². The first-order valence-corrected chi connectivity index (χ1v) is 19.7. The third-order valence-electron chi connectivity index (χ3n) is 5.40. The number of para-hydroxylation sites is 2. The van der Waals surface area contributed by atoms with Crippen LogP contribution in [0.15, 0.2) is 119 Å². The van der Waals surface area contributed by atoms with E-state index in [1.54, 1.807) is 35.7 Å². The van der Waals surface area contributed by atoms with Crippen LogP contribution in [0, 0.1) is 0 Å². The number of sulfonamides is 1. The average molecular weight is 551 g/mol. The Kier molecular flexibility index (Phi) is 5.24. The summed E-state index contributed by atoms with van der Waals surface area (Å²) >= 11 is -4.10. The van der Waals surface area contributed by atoms with Gasteiger partial charge in [0.05, 0.1) is 0 Å². The molecule has 0 saturated heterocycles. The van der Waals surface area contributed by atoms with Crippen molar-refractivity contribution < 1.29 is 8.42 Å². The zero-order valence-corrected chi connectivity index (χ0v) is 21.0. The van der Waals surface area contributed by atoms with Gasteiger partial charge in [0.2, 0.25) is 0 Å². The van der Waals surface area contributed by atoms with E-state index in [0.29, 0.717) is 0 Å². The van der Waals surface area contributed by atoms with Crippen LogP contribution in [0.5, 0.6) is 0 Å². The first-order chi connectivity index (χ1) is 15.0. The molecule has 0 bridgehead atoms. The molecule has 0 spiro atoms. The molecule has 31 heavy (non-hydrogen) atoms. The number of nitrogens with zero attached hydrogens (tertiary/aromatic N) is 1. The van der Waals surface area contributed by atoms with Crippen LogP contribution < -0.4 is 15.4 Å². The van der Waals surface area contributed by atoms with Crippen LogP contribution in [0.2, 0.25) is 0 Å². The maximum absolute atomic E-state index is 14.3. The maximum atomic E-state index is 14.3. The van der Waals surface area contributed by atoms with Gasteiger partial charge in [0.15, 0.2) is 0 Å². The van der Waals surface area contributed by atoms with Gasteiger partial charge in [-0.25, -0.2) is 0 Å². The summed E-state index contributed by atoms with van der Waals surface area (Å²) in [6, 6.07) is 34.7. The topological polar surface area (TPSA) is 63.4 Å². The van der Waals surface area contributed by atoms with Gasteiger partial charge in [-0.1, -0.05) is 0 Å². The quantitative estimate of drug-likeness (QED) is 0.310. The van der Waals surface area contributed by atoms with Crippen LogP contribution in [-0.2, 0) is 10.0 Å². The monoisotopic (exact) mass is 552 g/mol. The number of rotatable bonds is 4. The first-order valence-electron chi connectivity index (χ1n) is 9.84. The van der Waals surface area contributed by atoms with Crippen LogP contribution in [0.4, 0.5) is 11.4 Å². The van der Waals surface area contributed by atoms with Gasteiger partial charge in [0.1, 0.15) is 0 Å². The van der Waals surface area contributed by atoms with Crippen LogP contribution in [-0.4, -0.2) is 25.7 Å². The number of anilines is 2. The molecule has 0 radical (unpaired) electrons. The van der Waals surface area contributed by atoms with Crippen LogP contribution in [0.25, 0.3) is 0 Å². The first kappa shape index (κ1) is 20.5. The molecule has 0 fully saturated rings. The van der Waals surface area contributed by atoms with Crippen molar-refractivity contribution in [1.29, 1.82) is 0 Å². The summed E-state index contributed by atoms with van der Waals surface area (Å²) in [5, 5.41) is 0. The van der Waals surface area contributed by atoms with E-state index >= 15 is 0 Å². The number of fused-ring (bicyclic) bond motifs is 1. The second-order valence-electron chi connectivity index (χ2n) is 7.25. The van der Waals surface area contributed by atoms with Gasteiger partial charge in [-0.05, 0) is 0 Å². The Labute approximate surface area is 189 Å². The molecule has 4 aromatic carbocycles. The van der Waals surface area contributed by atoms with Crippen LogP contribution in [0.3, 0.4) is 0 Å². The fraction of sp³-hybridized carbons (Fsp3) is 0. The number of hydrogen-bond acceptors (Lipinski definition) is 4. The van der Waals surface area contributed by atoms with Gasteiger partial charge >= 0.3 is 190 Å². The summed E-state index contributed by atoms with van der Waals surface area (Å²) in [6.07, 6.45) is 0. The van der Waals surface area contributed by atoms with Crippen LogP contribution in [0.1, 0.15) is 0 Å². The van der Waals surface area contributed by atoms with E-state index in [1.807, 2.05) is 60.7 Å². The van der Waals surface area contributed by atoms with Gasteiger partial charge in [-0.3, -0.25) is 0 Å². The molecule has 0 atom stereocenters. The second-order valence-corrected chi connectivity index (χ2v) is 24.5. The zero-order chi connectivity index (χ0) is 21.5. The Hall–Kier alpha value is -2.42. The normalized spacial score (nSPS) is 14.9. The third-order valence-corrected chi connectivity index (χ3v) is 30.0. The van der Waals surface area contributed by atoms with Crippen LogP contribution >= 0.6 is 8.95 Å². The minimum absolute atomic E-state index is 0.153. The van der Waals surface area contributed by atoms with E-state index in [9.17, 15) is 8.42 Å². The molecule has 154 valence electrons. The van der Waals surface area contributed by atoms with Gasteiger partial charge in [-0.15, -0.1) is 0 Å². The minimum atomic E-state index is -4.10. The Morgan fingerprint density at radius 1 is 0.677 bits per heavy atom. The summed E-state index contributed by atoms with van der Waals surface area (Å²) in [7, 11) is -2.16. The third kappa shape index (κ3) is 3.24. The molecule has 2 N–H and O–H groups in total. The van der Waals surface area contributed by atoms with Crippen molar-refractivity contribution in [3.05, 3.63) is 109 Å². The standard InChI is InChI=1S/C12H11N2O2S2.2C6H5.Sn/c13-9-5-1-4-8-12(9)18(15,16)14-10-6-2-3-7-11(10)17;2*1-2-4-6-5-3-1;/h1-8,17H,13H2;2*1-5H;/q-1;;;+2/p-1. The Bertz CT molecular complexity index is 1310. The molecular formula is C24H20N2O2S2Sn. The van der Waals surface area contributed by atoms with Gasteiger partial charge in [0.25, 0.3) is 0 Å². The molecule has 1 heterocycles. The van der Waals surface area contributed by atoms with Crippen molar-refractivity contribution in [2.75, 3.05) is 8.26 Å². The molecule has 0 saturated carbocycles. The molecular weight excluding hydrogens is 531 g/mol. The molecule has 4 aromatic rings. The SMILES string of the molecule is Nc1ccccc1S(=O)(=O)[N]1c2ccccc2[S][Sn]1([c]1ccccc1)[c]1ccccc1. The van der Waals surface area contributed by atoms with Crippen molar-refractivity contribution in [2.24, 2.45) is 0 Å². The molecule has 0 aliphatic carbocycles. The van der Waals surface area contributed by atoms with Crippen molar-refractivity contribution in [3.8, 4) is 0 Å². The summed E-state index contributed by atoms with van der Waals surface area (Å²) in [5.41, 5.74) is 7.17. The van der Waals surface area contributed by atoms with Gasteiger partial charge in [-0.2, -0.15) is 0 Å². The van der Waals surface area contributed by atoms with E-state index in [-0.39, 0.29) is 10.6 Å². The predicted molar refractivity (Wildman–Crippen MR) is 131 cm³/mol. The fourth-order valence-corrected chi connectivity index (χ4v) is 31.7. The molecule has 0 unspecified atom stereocenters. The molecule has 0 amide bonds. The van der Waals surface area contributed by atoms with E-state index in [4.69, 9.17) is 5.73 Å². The van der Waals surface area contributed by atoms with E-state index in [1.165, 1.54) is 0 Å². The summed E-state index contributed by atoms with van der Waals surface area (Å²) in [6.45, 7) is 0. The number of nitrogens with two attached hydrogens (primary N) is 1. The molecule has 4 nitrogen and oxygen atoms in total. The number of nitrogen functional groups attached to an aromatic ring is 1.